The molecule has 0 heterocycles. The number of benzene rings is 3. The summed E-state index contributed by atoms with van der Waals surface area (Å²) in [5.41, 5.74) is 4.86. The predicted octanol–water partition coefficient (Wildman–Crippen LogP) is 6.44. The molecule has 168 valence electrons. The second kappa shape index (κ2) is 10.9. The highest BCUT2D eigenvalue weighted by atomic mass is 35.5. The van der Waals surface area contributed by atoms with Gasteiger partial charge in [0.05, 0.1) is 7.11 Å². The second-order valence-electron chi connectivity index (χ2n) is 7.94. The SMILES string of the molecule is COc1cc(CNc2ccc(NC(=O)C(C)C)cc2)c(Cl)cc1OCc1ccc(C)cc1. The fraction of sp³-hybridized carbons (Fsp3) is 0.269. The van der Waals surface area contributed by atoms with E-state index in [9.17, 15) is 4.79 Å². The zero-order valence-electron chi connectivity index (χ0n) is 18.9. The van der Waals surface area contributed by atoms with Crippen LogP contribution in [0, 0.1) is 12.8 Å². The Labute approximate surface area is 194 Å². The maximum atomic E-state index is 11.8. The van der Waals surface area contributed by atoms with Crippen LogP contribution in [0.25, 0.3) is 0 Å². The third-order valence-electron chi connectivity index (χ3n) is 5.01. The minimum atomic E-state index is -0.0613. The average molecular weight is 453 g/mol. The monoisotopic (exact) mass is 452 g/mol. The lowest BCUT2D eigenvalue weighted by Crippen LogP contribution is -2.17. The first-order chi connectivity index (χ1) is 15.4. The first-order valence-electron chi connectivity index (χ1n) is 10.5. The van der Waals surface area contributed by atoms with Gasteiger partial charge in [0.1, 0.15) is 6.61 Å². The van der Waals surface area contributed by atoms with Crippen LogP contribution in [0.5, 0.6) is 11.5 Å². The third-order valence-corrected chi connectivity index (χ3v) is 5.36. The number of carbonyl (C=O) groups excluding carboxylic acids is 1. The Morgan fingerprint density at radius 3 is 2.25 bits per heavy atom. The molecule has 0 radical (unpaired) electrons. The number of carbonyl (C=O) groups is 1. The van der Waals surface area contributed by atoms with Crippen molar-refractivity contribution in [2.45, 2.75) is 33.9 Å². The lowest BCUT2D eigenvalue weighted by atomic mass is 10.1. The molecule has 0 bridgehead atoms. The Morgan fingerprint density at radius 1 is 0.969 bits per heavy atom. The van der Waals surface area contributed by atoms with Crippen LogP contribution in [0.4, 0.5) is 11.4 Å². The maximum absolute atomic E-state index is 11.8. The number of halogens is 1. The Balaban J connectivity index is 1.63. The Kier molecular flexibility index (Phi) is 8.01. The first kappa shape index (κ1) is 23.5. The van der Waals surface area contributed by atoms with Gasteiger partial charge in [-0.25, -0.2) is 0 Å². The van der Waals surface area contributed by atoms with Gasteiger partial charge in [-0.3, -0.25) is 4.79 Å². The molecule has 0 aromatic heterocycles. The van der Waals surface area contributed by atoms with E-state index in [4.69, 9.17) is 21.1 Å². The molecule has 0 unspecified atom stereocenters. The van der Waals surface area contributed by atoms with Crippen LogP contribution >= 0.6 is 11.6 Å². The molecule has 0 spiro atoms. The molecule has 5 nitrogen and oxygen atoms in total. The molecule has 3 aromatic rings. The van der Waals surface area contributed by atoms with Crippen molar-refractivity contribution in [3.63, 3.8) is 0 Å². The van der Waals surface area contributed by atoms with Gasteiger partial charge < -0.3 is 20.1 Å². The van der Waals surface area contributed by atoms with Crippen LogP contribution in [-0.4, -0.2) is 13.0 Å². The molecule has 0 aliphatic carbocycles. The molecule has 3 rings (SSSR count). The van der Waals surface area contributed by atoms with E-state index in [1.54, 1.807) is 13.2 Å². The minimum absolute atomic E-state index is 0.00530. The average Bonchev–Trinajstić information content (AvgIpc) is 2.78. The quantitative estimate of drug-likeness (QED) is 0.392. The summed E-state index contributed by atoms with van der Waals surface area (Å²) < 4.78 is 11.5. The van der Waals surface area contributed by atoms with Crippen LogP contribution < -0.4 is 20.1 Å². The lowest BCUT2D eigenvalue weighted by molar-refractivity contribution is -0.118. The van der Waals surface area contributed by atoms with Crippen molar-refractivity contribution in [2.75, 3.05) is 17.7 Å². The van der Waals surface area contributed by atoms with Gasteiger partial charge in [0.25, 0.3) is 0 Å². The molecule has 0 fully saturated rings. The summed E-state index contributed by atoms with van der Waals surface area (Å²) in [5.74, 6) is 1.17. The molecule has 0 saturated carbocycles. The molecule has 0 aliphatic rings. The summed E-state index contributed by atoms with van der Waals surface area (Å²) >= 11 is 6.52. The summed E-state index contributed by atoms with van der Waals surface area (Å²) in [5, 5.41) is 6.82. The molecule has 0 saturated heterocycles. The smallest absolute Gasteiger partial charge is 0.226 e. The molecular weight excluding hydrogens is 424 g/mol. The van der Waals surface area contributed by atoms with E-state index in [-0.39, 0.29) is 11.8 Å². The number of nitrogens with one attached hydrogen (secondary N) is 2. The van der Waals surface area contributed by atoms with E-state index in [1.165, 1.54) is 5.56 Å². The van der Waals surface area contributed by atoms with E-state index < -0.39 is 0 Å². The Bertz CT molecular complexity index is 1050. The van der Waals surface area contributed by atoms with Gasteiger partial charge in [-0.1, -0.05) is 55.3 Å². The first-order valence-corrected chi connectivity index (χ1v) is 10.9. The Hall–Kier alpha value is -3.18. The van der Waals surface area contributed by atoms with E-state index in [2.05, 4.69) is 29.7 Å². The maximum Gasteiger partial charge on any atom is 0.226 e. The number of amides is 1. The number of ether oxygens (including phenoxy) is 2. The number of aryl methyl sites for hydroxylation is 1. The number of hydrogen-bond acceptors (Lipinski definition) is 4. The Morgan fingerprint density at radius 2 is 1.62 bits per heavy atom. The third kappa shape index (κ3) is 6.41. The molecule has 32 heavy (non-hydrogen) atoms. The second-order valence-corrected chi connectivity index (χ2v) is 8.35. The fourth-order valence-corrected chi connectivity index (χ4v) is 3.21. The highest BCUT2D eigenvalue weighted by Crippen LogP contribution is 2.34. The standard InChI is InChI=1S/C26H29ClN2O3/c1-17(2)26(30)29-22-11-9-21(10-12-22)28-15-20-13-24(31-4)25(14-23(20)27)32-16-19-7-5-18(3)6-8-19/h5-14,17,28H,15-16H2,1-4H3,(H,29,30). The van der Waals surface area contributed by atoms with Gasteiger partial charge in [0.15, 0.2) is 11.5 Å². The zero-order valence-corrected chi connectivity index (χ0v) is 19.6. The normalized spacial score (nSPS) is 10.7. The fourth-order valence-electron chi connectivity index (χ4n) is 2.99. The van der Waals surface area contributed by atoms with Crippen LogP contribution in [0.15, 0.2) is 60.7 Å². The van der Waals surface area contributed by atoms with Crippen molar-refractivity contribution in [3.8, 4) is 11.5 Å². The van der Waals surface area contributed by atoms with Gasteiger partial charge in [0, 0.05) is 34.9 Å². The van der Waals surface area contributed by atoms with Crippen molar-refractivity contribution < 1.29 is 14.3 Å². The van der Waals surface area contributed by atoms with Crippen molar-refractivity contribution in [1.82, 2.24) is 0 Å². The van der Waals surface area contributed by atoms with Crippen LogP contribution in [0.2, 0.25) is 5.02 Å². The number of hydrogen-bond donors (Lipinski definition) is 2. The molecule has 6 heteroatoms. The van der Waals surface area contributed by atoms with E-state index in [0.29, 0.717) is 29.7 Å². The molecule has 0 aliphatic heterocycles. The minimum Gasteiger partial charge on any atom is -0.493 e. The van der Waals surface area contributed by atoms with Gasteiger partial charge in [-0.05, 0) is 48.4 Å². The zero-order chi connectivity index (χ0) is 23.1. The largest absolute Gasteiger partial charge is 0.493 e. The van der Waals surface area contributed by atoms with Gasteiger partial charge in [-0.2, -0.15) is 0 Å². The molecule has 0 atom stereocenters. The van der Waals surface area contributed by atoms with Gasteiger partial charge in [-0.15, -0.1) is 0 Å². The summed E-state index contributed by atoms with van der Waals surface area (Å²) in [6, 6.07) is 19.4. The summed E-state index contributed by atoms with van der Waals surface area (Å²) in [7, 11) is 1.61. The predicted molar refractivity (Wildman–Crippen MR) is 131 cm³/mol. The highest BCUT2D eigenvalue weighted by Gasteiger charge is 2.12. The van der Waals surface area contributed by atoms with E-state index in [0.717, 1.165) is 22.5 Å². The molecule has 3 aromatic carbocycles. The molecular formula is C26H29ClN2O3. The lowest BCUT2D eigenvalue weighted by Gasteiger charge is -2.15. The van der Waals surface area contributed by atoms with Crippen LogP contribution in [-0.2, 0) is 17.9 Å². The molecule has 1 amide bonds. The van der Waals surface area contributed by atoms with Gasteiger partial charge >= 0.3 is 0 Å². The van der Waals surface area contributed by atoms with E-state index >= 15 is 0 Å². The van der Waals surface area contributed by atoms with E-state index in [1.807, 2.05) is 56.3 Å². The number of methoxy groups -OCH3 is 1. The summed E-state index contributed by atoms with van der Waals surface area (Å²) in [6.07, 6.45) is 0. The van der Waals surface area contributed by atoms with Crippen molar-refractivity contribution in [3.05, 3.63) is 82.4 Å². The van der Waals surface area contributed by atoms with Crippen molar-refractivity contribution in [2.24, 2.45) is 5.92 Å². The summed E-state index contributed by atoms with van der Waals surface area (Å²) in [4.78, 5) is 11.8. The van der Waals surface area contributed by atoms with Crippen LogP contribution in [0.1, 0.15) is 30.5 Å². The van der Waals surface area contributed by atoms with Crippen LogP contribution in [0.3, 0.4) is 0 Å². The van der Waals surface area contributed by atoms with Crippen molar-refractivity contribution >= 4 is 28.9 Å². The number of anilines is 2. The van der Waals surface area contributed by atoms with Crippen molar-refractivity contribution in [1.29, 1.82) is 0 Å². The molecule has 2 N–H and O–H groups in total. The topological polar surface area (TPSA) is 59.6 Å². The van der Waals surface area contributed by atoms with Gasteiger partial charge in [0.2, 0.25) is 5.91 Å². The highest BCUT2D eigenvalue weighted by molar-refractivity contribution is 6.31. The summed E-state index contributed by atoms with van der Waals surface area (Å²) in [6.45, 7) is 6.73. The number of rotatable bonds is 9.